The summed E-state index contributed by atoms with van der Waals surface area (Å²) in [6, 6.07) is 0. The van der Waals surface area contributed by atoms with Crippen LogP contribution in [0.25, 0.3) is 0 Å². The minimum absolute atomic E-state index is 0.310. The van der Waals surface area contributed by atoms with Crippen LogP contribution in [0.15, 0.2) is 24.1 Å². The van der Waals surface area contributed by atoms with Gasteiger partial charge >= 0.3 is 0 Å². The van der Waals surface area contributed by atoms with Gasteiger partial charge in [0.2, 0.25) is 0 Å². The molecule has 0 aliphatic rings. The van der Waals surface area contributed by atoms with Gasteiger partial charge in [0.05, 0.1) is 0 Å². The van der Waals surface area contributed by atoms with E-state index in [-0.39, 0.29) is 5.83 Å². The fourth-order valence-electron chi connectivity index (χ4n) is 0.553. The highest BCUT2D eigenvalue weighted by molar-refractivity contribution is 5.20. The summed E-state index contributed by atoms with van der Waals surface area (Å²) in [5.74, 6) is -0.310. The van der Waals surface area contributed by atoms with E-state index in [1.54, 1.807) is 6.08 Å². The summed E-state index contributed by atoms with van der Waals surface area (Å²) in [5, 5.41) is 0. The fraction of sp³-hybridized carbons (Fsp3) is 0.429. The molecule has 0 nitrogen and oxygen atoms in total. The van der Waals surface area contributed by atoms with E-state index in [1.165, 1.54) is 0 Å². The second-order valence-electron chi connectivity index (χ2n) is 1.57. The van der Waals surface area contributed by atoms with Crippen molar-refractivity contribution in [2.75, 3.05) is 0 Å². The Kier molecular flexibility index (Phi) is 3.16. The van der Waals surface area contributed by atoms with Crippen molar-refractivity contribution in [2.24, 2.45) is 0 Å². The van der Waals surface area contributed by atoms with E-state index in [1.807, 2.05) is 13.8 Å². The van der Waals surface area contributed by atoms with Crippen LogP contribution in [0.5, 0.6) is 0 Å². The predicted octanol–water partition coefficient (Wildman–Crippen LogP) is 2.83. The van der Waals surface area contributed by atoms with E-state index in [4.69, 9.17) is 0 Å². The number of hydrogen-bond donors (Lipinski definition) is 0. The van der Waals surface area contributed by atoms with Crippen molar-refractivity contribution in [3.8, 4) is 0 Å². The third kappa shape index (κ3) is 1.92. The van der Waals surface area contributed by atoms with Gasteiger partial charge in [-0.2, -0.15) is 0 Å². The molecule has 0 saturated carbocycles. The molecule has 0 aliphatic heterocycles. The van der Waals surface area contributed by atoms with Gasteiger partial charge in [0.15, 0.2) is 0 Å². The van der Waals surface area contributed by atoms with Gasteiger partial charge < -0.3 is 0 Å². The van der Waals surface area contributed by atoms with Crippen LogP contribution < -0.4 is 0 Å². The maximum atomic E-state index is 12.1. The molecule has 0 aromatic carbocycles. The van der Waals surface area contributed by atoms with Crippen molar-refractivity contribution < 1.29 is 4.39 Å². The van der Waals surface area contributed by atoms with Crippen LogP contribution in [0.1, 0.15) is 20.3 Å². The molecular weight excluding hydrogens is 103 g/mol. The Hall–Kier alpha value is -0.590. The first-order valence-electron chi connectivity index (χ1n) is 2.72. The van der Waals surface area contributed by atoms with E-state index in [0.717, 1.165) is 6.42 Å². The molecule has 0 saturated heterocycles. The Morgan fingerprint density at radius 1 is 1.75 bits per heavy atom. The van der Waals surface area contributed by atoms with Crippen molar-refractivity contribution in [3.63, 3.8) is 0 Å². The zero-order chi connectivity index (χ0) is 6.57. The van der Waals surface area contributed by atoms with Crippen molar-refractivity contribution in [2.45, 2.75) is 20.3 Å². The molecule has 46 valence electrons. The van der Waals surface area contributed by atoms with Gasteiger partial charge in [-0.25, -0.2) is 4.39 Å². The molecule has 1 heteroatoms. The van der Waals surface area contributed by atoms with Crippen molar-refractivity contribution in [3.05, 3.63) is 24.1 Å². The molecule has 0 aromatic heterocycles. The van der Waals surface area contributed by atoms with E-state index in [9.17, 15) is 4.39 Å². The van der Waals surface area contributed by atoms with Crippen molar-refractivity contribution in [1.29, 1.82) is 0 Å². The third-order valence-corrected chi connectivity index (χ3v) is 1.08. The van der Waals surface area contributed by atoms with Crippen LogP contribution in [-0.2, 0) is 0 Å². The molecule has 8 heavy (non-hydrogen) atoms. The Bertz CT molecular complexity index is 112. The van der Waals surface area contributed by atoms with Gasteiger partial charge in [-0.3, -0.25) is 0 Å². The van der Waals surface area contributed by atoms with Crippen molar-refractivity contribution in [1.82, 2.24) is 0 Å². The predicted molar refractivity (Wildman–Crippen MR) is 34.3 cm³/mol. The summed E-state index contributed by atoms with van der Waals surface area (Å²) in [4.78, 5) is 0. The van der Waals surface area contributed by atoms with Crippen LogP contribution in [0, 0.1) is 0 Å². The summed E-state index contributed by atoms with van der Waals surface area (Å²) in [5.41, 5.74) is 0.699. The molecule has 0 aliphatic carbocycles. The van der Waals surface area contributed by atoms with Gasteiger partial charge in [0, 0.05) is 0 Å². The highest BCUT2D eigenvalue weighted by Gasteiger charge is 1.93. The molecule has 0 N–H and O–H groups in total. The molecule has 0 spiro atoms. The molecule has 0 bridgehead atoms. The van der Waals surface area contributed by atoms with Crippen molar-refractivity contribution >= 4 is 0 Å². The topological polar surface area (TPSA) is 0 Å². The lowest BCUT2D eigenvalue weighted by molar-refractivity contribution is 0.647. The van der Waals surface area contributed by atoms with Gasteiger partial charge in [-0.1, -0.05) is 19.6 Å². The quantitative estimate of drug-likeness (QED) is 0.484. The van der Waals surface area contributed by atoms with E-state index < -0.39 is 0 Å². The highest BCUT2D eigenvalue weighted by Crippen LogP contribution is 2.11. The zero-order valence-corrected chi connectivity index (χ0v) is 5.37. The van der Waals surface area contributed by atoms with Crippen LogP contribution in [-0.4, -0.2) is 0 Å². The first-order valence-corrected chi connectivity index (χ1v) is 2.72. The number of allylic oxidation sites excluding steroid dienone is 3. The standard InChI is InChI=1S/C7H11F/c1-4-7(5-2)6(3)8/h4H,3,5H2,1-2H3. The average Bonchev–Trinajstić information content (AvgIpc) is 1.69. The molecule has 0 heterocycles. The largest absolute Gasteiger partial charge is 0.207 e. The van der Waals surface area contributed by atoms with Crippen LogP contribution in [0.2, 0.25) is 0 Å². The lowest BCUT2D eigenvalue weighted by Gasteiger charge is -1.94. The molecule has 0 unspecified atom stereocenters. The minimum atomic E-state index is -0.310. The summed E-state index contributed by atoms with van der Waals surface area (Å²) in [6.07, 6.45) is 2.47. The van der Waals surface area contributed by atoms with Crippen LogP contribution in [0.4, 0.5) is 4.39 Å². The van der Waals surface area contributed by atoms with E-state index in [2.05, 4.69) is 6.58 Å². The normalized spacial score (nSPS) is 11.6. The zero-order valence-electron chi connectivity index (χ0n) is 5.37. The highest BCUT2D eigenvalue weighted by atomic mass is 19.1. The van der Waals surface area contributed by atoms with Gasteiger partial charge in [-0.05, 0) is 18.9 Å². The smallest absolute Gasteiger partial charge is 0.118 e. The first-order chi connectivity index (χ1) is 3.72. The first kappa shape index (κ1) is 7.41. The maximum absolute atomic E-state index is 12.1. The lowest BCUT2D eigenvalue weighted by atomic mass is 10.2. The molecule has 0 radical (unpaired) electrons. The van der Waals surface area contributed by atoms with E-state index >= 15 is 0 Å². The van der Waals surface area contributed by atoms with Gasteiger partial charge in [0.25, 0.3) is 0 Å². The summed E-state index contributed by atoms with van der Waals surface area (Å²) >= 11 is 0. The summed E-state index contributed by atoms with van der Waals surface area (Å²) < 4.78 is 12.1. The number of halogens is 1. The second kappa shape index (κ2) is 3.42. The molecule has 0 rings (SSSR count). The lowest BCUT2D eigenvalue weighted by Crippen LogP contribution is -1.76. The monoisotopic (exact) mass is 114 g/mol. The Balaban J connectivity index is 3.92. The fourth-order valence-corrected chi connectivity index (χ4v) is 0.553. The third-order valence-electron chi connectivity index (χ3n) is 1.08. The Labute approximate surface area is 49.7 Å². The summed E-state index contributed by atoms with van der Waals surface area (Å²) in [6.45, 7) is 6.87. The Morgan fingerprint density at radius 3 is 2.25 bits per heavy atom. The SMILES string of the molecule is C=C(F)C(=CC)CC. The molecule has 0 amide bonds. The van der Waals surface area contributed by atoms with Crippen LogP contribution >= 0.6 is 0 Å². The number of hydrogen-bond acceptors (Lipinski definition) is 0. The average molecular weight is 114 g/mol. The molecule has 0 aromatic rings. The van der Waals surface area contributed by atoms with Gasteiger partial charge in [-0.15, -0.1) is 0 Å². The minimum Gasteiger partial charge on any atom is -0.207 e. The number of rotatable bonds is 2. The molecule has 0 fully saturated rings. The maximum Gasteiger partial charge on any atom is 0.118 e. The van der Waals surface area contributed by atoms with Gasteiger partial charge in [0.1, 0.15) is 5.83 Å². The Morgan fingerprint density at radius 2 is 2.25 bits per heavy atom. The summed E-state index contributed by atoms with van der Waals surface area (Å²) in [7, 11) is 0. The second-order valence-corrected chi connectivity index (χ2v) is 1.57. The van der Waals surface area contributed by atoms with E-state index in [0.29, 0.717) is 5.57 Å². The molecule has 0 atom stereocenters. The van der Waals surface area contributed by atoms with Crippen LogP contribution in [0.3, 0.4) is 0 Å². The molecular formula is C7H11F.